The van der Waals surface area contributed by atoms with Crippen LogP contribution >= 0.6 is 0 Å². The molecule has 9 heteroatoms. The largest absolute Gasteiger partial charge is 0.490 e. The van der Waals surface area contributed by atoms with E-state index in [2.05, 4.69) is 20.9 Å². The molecule has 1 saturated heterocycles. The molecule has 5 rings (SSSR count). The second-order valence-electron chi connectivity index (χ2n) is 9.01. The second kappa shape index (κ2) is 10.0. The highest BCUT2D eigenvalue weighted by Gasteiger charge is 2.41. The third kappa shape index (κ3) is 4.66. The topological polar surface area (TPSA) is 108 Å². The van der Waals surface area contributed by atoms with Gasteiger partial charge in [0.1, 0.15) is 11.4 Å². The van der Waals surface area contributed by atoms with Gasteiger partial charge in [0.05, 0.1) is 6.61 Å². The molecular formula is C27H29FN4O4. The summed E-state index contributed by atoms with van der Waals surface area (Å²) in [4.78, 5) is 29.7. The molecule has 2 aromatic heterocycles. The number of amides is 2. The number of ether oxygens (including phenoxy) is 1. The van der Waals surface area contributed by atoms with Gasteiger partial charge in [-0.05, 0) is 75.2 Å². The van der Waals surface area contributed by atoms with Crippen molar-refractivity contribution in [1.82, 2.24) is 20.9 Å². The highest BCUT2D eigenvalue weighted by atomic mass is 19.1. The van der Waals surface area contributed by atoms with Crippen molar-refractivity contribution in [2.45, 2.75) is 31.7 Å². The predicted octanol–water partition coefficient (Wildman–Crippen LogP) is 3.66. The smallest absolute Gasteiger partial charge is 0.287 e. The van der Waals surface area contributed by atoms with Crippen LogP contribution in [0.2, 0.25) is 0 Å². The van der Waals surface area contributed by atoms with Gasteiger partial charge in [0, 0.05) is 29.0 Å². The van der Waals surface area contributed by atoms with E-state index in [4.69, 9.17) is 9.15 Å². The number of aromatic nitrogens is 1. The monoisotopic (exact) mass is 492 g/mol. The molecule has 0 aliphatic carbocycles. The second-order valence-corrected chi connectivity index (χ2v) is 9.01. The van der Waals surface area contributed by atoms with Gasteiger partial charge in [-0.1, -0.05) is 12.1 Å². The fourth-order valence-electron chi connectivity index (χ4n) is 4.80. The number of furan rings is 1. The van der Waals surface area contributed by atoms with Crippen molar-refractivity contribution in [3.63, 3.8) is 0 Å². The van der Waals surface area contributed by atoms with Gasteiger partial charge in [-0.25, -0.2) is 4.39 Å². The van der Waals surface area contributed by atoms with Crippen LogP contribution in [-0.4, -0.2) is 48.6 Å². The summed E-state index contributed by atoms with van der Waals surface area (Å²) in [6.45, 7) is 3.92. The van der Waals surface area contributed by atoms with E-state index in [9.17, 15) is 14.0 Å². The first-order valence-electron chi connectivity index (χ1n) is 12.2. The minimum atomic E-state index is -1.06. The zero-order chi connectivity index (χ0) is 25.1. The molecule has 1 aliphatic rings. The van der Waals surface area contributed by atoms with E-state index in [1.165, 1.54) is 12.1 Å². The summed E-state index contributed by atoms with van der Waals surface area (Å²) in [6, 6.07) is 11.7. The molecule has 0 unspecified atom stereocenters. The number of nitrogens with one attached hydrogen (secondary N) is 4. The number of carbonyl (C=O) groups is 2. The standard InChI is InChI=1S/C27H29FN4O4/c1-2-35-22-5-3-4-17-14-23(36-24(17)22)25(33)32-27(9-12-29-13-10-27)26(34)30-11-8-18-16-31-21-7-6-19(28)15-20(18)21/h3-7,14-16,29,31H,2,8-13H2,1H3,(H,30,34)(H,32,33). The lowest BCUT2D eigenvalue weighted by atomic mass is 9.87. The highest BCUT2D eigenvalue weighted by Crippen LogP contribution is 2.29. The Labute approximate surface area is 207 Å². The Kier molecular flexibility index (Phi) is 6.65. The van der Waals surface area contributed by atoms with Crippen LogP contribution in [0.4, 0.5) is 4.39 Å². The van der Waals surface area contributed by atoms with Crippen molar-refractivity contribution < 1.29 is 23.1 Å². The van der Waals surface area contributed by atoms with Crippen molar-refractivity contribution in [2.75, 3.05) is 26.2 Å². The summed E-state index contributed by atoms with van der Waals surface area (Å²) in [6.07, 6.45) is 3.26. The SMILES string of the molecule is CCOc1cccc2cc(C(=O)NC3(C(=O)NCCc4c[nH]c5ccc(F)cc45)CCNCC3)oc12. The number of piperidine rings is 1. The summed E-state index contributed by atoms with van der Waals surface area (Å²) in [5.41, 5.74) is 1.21. The summed E-state index contributed by atoms with van der Waals surface area (Å²) in [5.74, 6) is -0.292. The normalized spacial score (nSPS) is 15.2. The Morgan fingerprint density at radius 3 is 2.81 bits per heavy atom. The van der Waals surface area contributed by atoms with Crippen LogP contribution < -0.4 is 20.7 Å². The molecule has 188 valence electrons. The molecule has 1 fully saturated rings. The maximum atomic E-state index is 13.7. The van der Waals surface area contributed by atoms with Gasteiger partial charge in [0.15, 0.2) is 17.1 Å². The summed E-state index contributed by atoms with van der Waals surface area (Å²) in [7, 11) is 0. The number of carbonyl (C=O) groups excluding carboxylic acids is 2. The molecule has 2 amide bonds. The highest BCUT2D eigenvalue weighted by molar-refractivity contribution is 6.00. The molecule has 4 N–H and O–H groups in total. The molecule has 4 aromatic rings. The van der Waals surface area contributed by atoms with Crippen molar-refractivity contribution in [3.05, 3.63) is 65.8 Å². The predicted molar refractivity (Wildman–Crippen MR) is 135 cm³/mol. The molecule has 3 heterocycles. The Morgan fingerprint density at radius 1 is 1.17 bits per heavy atom. The number of fused-ring (bicyclic) bond motifs is 2. The molecular weight excluding hydrogens is 463 g/mol. The van der Waals surface area contributed by atoms with Gasteiger partial charge in [-0.15, -0.1) is 0 Å². The molecule has 0 saturated carbocycles. The van der Waals surface area contributed by atoms with Crippen LogP contribution in [0, 0.1) is 5.82 Å². The van der Waals surface area contributed by atoms with Gasteiger partial charge < -0.3 is 30.1 Å². The maximum absolute atomic E-state index is 13.7. The minimum absolute atomic E-state index is 0.128. The number of halogens is 1. The Balaban J connectivity index is 1.30. The van der Waals surface area contributed by atoms with E-state index in [0.29, 0.717) is 56.8 Å². The van der Waals surface area contributed by atoms with Gasteiger partial charge in [0.25, 0.3) is 5.91 Å². The summed E-state index contributed by atoms with van der Waals surface area (Å²) in [5, 5.41) is 10.7. The fourth-order valence-corrected chi connectivity index (χ4v) is 4.80. The van der Waals surface area contributed by atoms with E-state index >= 15 is 0 Å². The van der Waals surface area contributed by atoms with Crippen LogP contribution in [-0.2, 0) is 11.2 Å². The molecule has 0 atom stereocenters. The molecule has 0 bridgehead atoms. The Bertz CT molecular complexity index is 1400. The number of benzene rings is 2. The first-order valence-corrected chi connectivity index (χ1v) is 12.2. The van der Waals surface area contributed by atoms with E-state index in [1.54, 1.807) is 18.2 Å². The van der Waals surface area contributed by atoms with Crippen LogP contribution in [0.15, 0.2) is 53.1 Å². The average molecular weight is 493 g/mol. The lowest BCUT2D eigenvalue weighted by molar-refractivity contribution is -0.128. The molecule has 2 aromatic carbocycles. The lowest BCUT2D eigenvalue weighted by Gasteiger charge is -2.36. The van der Waals surface area contributed by atoms with Gasteiger partial charge in [-0.2, -0.15) is 0 Å². The molecule has 0 radical (unpaired) electrons. The maximum Gasteiger partial charge on any atom is 0.287 e. The lowest BCUT2D eigenvalue weighted by Crippen LogP contribution is -2.63. The third-order valence-corrected chi connectivity index (χ3v) is 6.69. The molecule has 0 spiro atoms. The van der Waals surface area contributed by atoms with Crippen LogP contribution in [0.5, 0.6) is 5.75 Å². The third-order valence-electron chi connectivity index (χ3n) is 6.69. The first kappa shape index (κ1) is 23.9. The number of rotatable bonds is 8. The summed E-state index contributed by atoms with van der Waals surface area (Å²) < 4.78 is 25.1. The number of hydrogen-bond acceptors (Lipinski definition) is 5. The van der Waals surface area contributed by atoms with E-state index in [0.717, 1.165) is 21.9 Å². The number of H-pyrrole nitrogens is 1. The zero-order valence-electron chi connectivity index (χ0n) is 20.1. The average Bonchev–Trinajstić information content (AvgIpc) is 3.50. The van der Waals surface area contributed by atoms with Crippen molar-refractivity contribution in [2.24, 2.45) is 0 Å². The molecule has 36 heavy (non-hydrogen) atoms. The quantitative estimate of drug-likeness (QED) is 0.300. The zero-order valence-corrected chi connectivity index (χ0v) is 20.1. The van der Waals surface area contributed by atoms with E-state index in [1.807, 2.05) is 25.3 Å². The van der Waals surface area contributed by atoms with E-state index < -0.39 is 11.4 Å². The molecule has 8 nitrogen and oxygen atoms in total. The van der Waals surface area contributed by atoms with Crippen LogP contribution in [0.25, 0.3) is 21.9 Å². The number of aromatic amines is 1. The van der Waals surface area contributed by atoms with Crippen LogP contribution in [0.3, 0.4) is 0 Å². The first-order chi connectivity index (χ1) is 17.5. The fraction of sp³-hybridized carbons (Fsp3) is 0.333. The van der Waals surface area contributed by atoms with Gasteiger partial charge >= 0.3 is 0 Å². The number of hydrogen-bond donors (Lipinski definition) is 4. The Morgan fingerprint density at radius 2 is 2.00 bits per heavy atom. The molecule has 1 aliphatic heterocycles. The van der Waals surface area contributed by atoms with Crippen LogP contribution in [0.1, 0.15) is 35.9 Å². The van der Waals surface area contributed by atoms with Crippen molar-refractivity contribution in [3.8, 4) is 5.75 Å². The van der Waals surface area contributed by atoms with Gasteiger partial charge in [0.2, 0.25) is 5.91 Å². The van der Waals surface area contributed by atoms with Gasteiger partial charge in [-0.3, -0.25) is 9.59 Å². The van der Waals surface area contributed by atoms with Crippen molar-refractivity contribution in [1.29, 1.82) is 0 Å². The van der Waals surface area contributed by atoms with E-state index in [-0.39, 0.29) is 17.5 Å². The minimum Gasteiger partial charge on any atom is -0.490 e. The Hall–Kier alpha value is -3.85. The van der Waals surface area contributed by atoms with Crippen molar-refractivity contribution >= 4 is 33.7 Å². The summed E-state index contributed by atoms with van der Waals surface area (Å²) >= 11 is 0. The number of para-hydroxylation sites is 1.